The van der Waals surface area contributed by atoms with Crippen LogP contribution in [0.4, 0.5) is 5.69 Å². The Morgan fingerprint density at radius 2 is 1.52 bits per heavy atom. The fourth-order valence-electron chi connectivity index (χ4n) is 2.74. The first-order valence-corrected chi connectivity index (χ1v) is 8.91. The average Bonchev–Trinajstić information content (AvgIpc) is 2.85. The Morgan fingerprint density at radius 3 is 2.00 bits per heavy atom. The number of nitrogens with one attached hydrogen (secondary N) is 1. The predicted molar refractivity (Wildman–Crippen MR) is 104 cm³/mol. The molecule has 0 saturated heterocycles. The van der Waals surface area contributed by atoms with Gasteiger partial charge in [0.1, 0.15) is 6.54 Å². The first-order chi connectivity index (χ1) is 12.8. The quantitative estimate of drug-likeness (QED) is 0.776. The van der Waals surface area contributed by atoms with Crippen molar-refractivity contribution in [1.29, 1.82) is 0 Å². The fraction of sp³-hybridized carbons (Fsp3) is 0.211. The monoisotopic (exact) mass is 405 g/mol. The summed E-state index contributed by atoms with van der Waals surface area (Å²) in [6.07, 6.45) is 0. The summed E-state index contributed by atoms with van der Waals surface area (Å²) in [5.41, 5.74) is 2.27. The van der Waals surface area contributed by atoms with Crippen molar-refractivity contribution < 1.29 is 14.4 Å². The van der Waals surface area contributed by atoms with Crippen LogP contribution in [0, 0.1) is 0 Å². The first kappa shape index (κ1) is 19.2. The van der Waals surface area contributed by atoms with E-state index in [-0.39, 0.29) is 27.7 Å². The minimum absolute atomic E-state index is 0.154. The number of imide groups is 1. The van der Waals surface area contributed by atoms with E-state index in [0.717, 1.165) is 16.2 Å². The molecule has 1 aliphatic heterocycles. The van der Waals surface area contributed by atoms with Gasteiger partial charge in [0.25, 0.3) is 11.8 Å². The van der Waals surface area contributed by atoms with Gasteiger partial charge < -0.3 is 10.2 Å². The average molecular weight is 406 g/mol. The van der Waals surface area contributed by atoms with Crippen molar-refractivity contribution >= 4 is 46.6 Å². The molecule has 0 atom stereocenters. The van der Waals surface area contributed by atoms with Crippen molar-refractivity contribution in [1.82, 2.24) is 10.2 Å². The highest BCUT2D eigenvalue weighted by molar-refractivity contribution is 6.43. The summed E-state index contributed by atoms with van der Waals surface area (Å²) in [6, 6.07) is 10.4. The summed E-state index contributed by atoms with van der Waals surface area (Å²) in [5.74, 6) is -1.54. The van der Waals surface area contributed by atoms with Crippen molar-refractivity contribution in [3.05, 3.63) is 63.1 Å². The van der Waals surface area contributed by atoms with Gasteiger partial charge in [-0.3, -0.25) is 19.3 Å². The molecule has 0 bridgehead atoms. The molecule has 0 aliphatic carbocycles. The number of anilines is 1. The van der Waals surface area contributed by atoms with Crippen molar-refractivity contribution in [3.8, 4) is 0 Å². The van der Waals surface area contributed by atoms with E-state index in [9.17, 15) is 14.4 Å². The van der Waals surface area contributed by atoms with E-state index >= 15 is 0 Å². The lowest BCUT2D eigenvalue weighted by atomic mass is 10.1. The first-order valence-electron chi connectivity index (χ1n) is 8.16. The van der Waals surface area contributed by atoms with E-state index in [1.54, 1.807) is 0 Å². The largest absolute Gasteiger partial charge is 0.378 e. The number of amides is 3. The zero-order chi connectivity index (χ0) is 19.7. The van der Waals surface area contributed by atoms with Gasteiger partial charge in [-0.2, -0.15) is 0 Å². The van der Waals surface area contributed by atoms with E-state index in [1.807, 2.05) is 43.3 Å². The van der Waals surface area contributed by atoms with Crippen molar-refractivity contribution in [3.63, 3.8) is 0 Å². The molecule has 6 nitrogen and oxygen atoms in total. The lowest BCUT2D eigenvalue weighted by Crippen LogP contribution is -2.40. The van der Waals surface area contributed by atoms with Crippen LogP contribution in [0.15, 0.2) is 36.4 Å². The van der Waals surface area contributed by atoms with Crippen LogP contribution in [-0.2, 0) is 11.3 Å². The Kier molecular flexibility index (Phi) is 5.39. The van der Waals surface area contributed by atoms with Crippen LogP contribution in [0.1, 0.15) is 26.3 Å². The van der Waals surface area contributed by atoms with Crippen LogP contribution in [-0.4, -0.2) is 43.3 Å². The van der Waals surface area contributed by atoms with Crippen LogP contribution in [0.3, 0.4) is 0 Å². The minimum Gasteiger partial charge on any atom is -0.378 e. The number of halogens is 2. The van der Waals surface area contributed by atoms with Crippen LogP contribution in [0.5, 0.6) is 0 Å². The van der Waals surface area contributed by atoms with Crippen LogP contribution in [0.2, 0.25) is 10.0 Å². The lowest BCUT2D eigenvalue weighted by molar-refractivity contribution is -0.121. The summed E-state index contributed by atoms with van der Waals surface area (Å²) >= 11 is 11.8. The molecule has 27 heavy (non-hydrogen) atoms. The minimum atomic E-state index is -0.556. The van der Waals surface area contributed by atoms with E-state index in [4.69, 9.17) is 23.2 Å². The normalized spacial score (nSPS) is 13.0. The Balaban J connectivity index is 1.63. The van der Waals surface area contributed by atoms with Crippen LogP contribution < -0.4 is 10.2 Å². The van der Waals surface area contributed by atoms with Gasteiger partial charge in [0, 0.05) is 26.3 Å². The third kappa shape index (κ3) is 3.91. The molecule has 2 aromatic carbocycles. The van der Waals surface area contributed by atoms with Gasteiger partial charge in [-0.25, -0.2) is 0 Å². The molecule has 3 amide bonds. The smallest absolute Gasteiger partial charge is 0.262 e. The second kappa shape index (κ2) is 7.58. The van der Waals surface area contributed by atoms with Crippen molar-refractivity contribution in [2.75, 3.05) is 25.5 Å². The summed E-state index contributed by atoms with van der Waals surface area (Å²) in [7, 11) is 3.89. The molecular formula is C19H17Cl2N3O3. The predicted octanol–water partition coefficient (Wildman–Crippen LogP) is 2.97. The molecule has 8 heteroatoms. The second-order valence-electron chi connectivity index (χ2n) is 6.35. The van der Waals surface area contributed by atoms with Gasteiger partial charge in [-0.15, -0.1) is 0 Å². The van der Waals surface area contributed by atoms with E-state index in [2.05, 4.69) is 5.32 Å². The third-order valence-electron chi connectivity index (χ3n) is 4.26. The molecule has 0 aromatic heterocycles. The van der Waals surface area contributed by atoms with Crippen molar-refractivity contribution in [2.24, 2.45) is 0 Å². The number of carbonyl (C=O) groups is 3. The molecular weight excluding hydrogens is 389 g/mol. The standard InChI is InChI=1S/C19H17Cl2N3O3/c1-23(2)12-5-3-11(4-6-12)9-22-17(25)10-24-18(26)13-7-15(20)16(21)8-14(13)19(24)27/h3-8H,9-10H2,1-2H3,(H,22,25). The summed E-state index contributed by atoms with van der Waals surface area (Å²) in [4.78, 5) is 39.9. The van der Waals surface area contributed by atoms with E-state index in [0.29, 0.717) is 6.54 Å². The molecule has 1 aliphatic rings. The number of benzene rings is 2. The second-order valence-corrected chi connectivity index (χ2v) is 7.16. The van der Waals surface area contributed by atoms with Gasteiger partial charge in [0.05, 0.1) is 21.2 Å². The maximum Gasteiger partial charge on any atom is 0.262 e. The van der Waals surface area contributed by atoms with Crippen LogP contribution >= 0.6 is 23.2 Å². The number of hydrogen-bond acceptors (Lipinski definition) is 4. The lowest BCUT2D eigenvalue weighted by Gasteiger charge is -2.15. The van der Waals surface area contributed by atoms with E-state index in [1.165, 1.54) is 12.1 Å². The van der Waals surface area contributed by atoms with Crippen molar-refractivity contribution in [2.45, 2.75) is 6.54 Å². The fourth-order valence-corrected chi connectivity index (χ4v) is 3.07. The van der Waals surface area contributed by atoms with E-state index < -0.39 is 17.7 Å². The Hall–Kier alpha value is -2.57. The van der Waals surface area contributed by atoms with Crippen LogP contribution in [0.25, 0.3) is 0 Å². The zero-order valence-electron chi connectivity index (χ0n) is 14.8. The zero-order valence-corrected chi connectivity index (χ0v) is 16.3. The highest BCUT2D eigenvalue weighted by atomic mass is 35.5. The molecule has 0 unspecified atom stereocenters. The molecule has 2 aromatic rings. The highest BCUT2D eigenvalue weighted by Gasteiger charge is 2.37. The molecule has 0 spiro atoms. The number of nitrogens with zero attached hydrogens (tertiary/aromatic N) is 2. The molecule has 0 fully saturated rings. The Morgan fingerprint density at radius 1 is 1.00 bits per heavy atom. The summed E-state index contributed by atoms with van der Waals surface area (Å²) < 4.78 is 0. The molecule has 3 rings (SSSR count). The maximum absolute atomic E-state index is 12.4. The molecule has 1 heterocycles. The maximum atomic E-state index is 12.4. The highest BCUT2D eigenvalue weighted by Crippen LogP contribution is 2.31. The molecule has 0 radical (unpaired) electrons. The number of fused-ring (bicyclic) bond motifs is 1. The molecule has 0 saturated carbocycles. The van der Waals surface area contributed by atoms with Gasteiger partial charge in [0.2, 0.25) is 5.91 Å². The molecule has 140 valence electrons. The Labute approximate surface area is 166 Å². The Bertz CT molecular complexity index is 886. The topological polar surface area (TPSA) is 69.7 Å². The summed E-state index contributed by atoms with van der Waals surface area (Å²) in [6.45, 7) is -0.0647. The third-order valence-corrected chi connectivity index (χ3v) is 4.98. The summed E-state index contributed by atoms with van der Waals surface area (Å²) in [5, 5.41) is 3.08. The van der Waals surface area contributed by atoms with Gasteiger partial charge in [0.15, 0.2) is 0 Å². The molecule has 1 N–H and O–H groups in total. The van der Waals surface area contributed by atoms with Gasteiger partial charge in [-0.05, 0) is 29.8 Å². The number of rotatable bonds is 5. The van der Waals surface area contributed by atoms with Gasteiger partial charge in [-0.1, -0.05) is 35.3 Å². The number of hydrogen-bond donors (Lipinski definition) is 1. The van der Waals surface area contributed by atoms with Gasteiger partial charge >= 0.3 is 0 Å². The SMILES string of the molecule is CN(C)c1ccc(CNC(=O)CN2C(=O)c3cc(Cl)c(Cl)cc3C2=O)cc1. The number of carbonyl (C=O) groups excluding carboxylic acids is 3.